The monoisotopic (exact) mass is 361 g/mol. The normalized spacial score (nSPS) is 13.2. The summed E-state index contributed by atoms with van der Waals surface area (Å²) in [6.07, 6.45) is 9.44. The van der Waals surface area contributed by atoms with E-state index in [0.29, 0.717) is 17.7 Å². The van der Waals surface area contributed by atoms with Crippen molar-refractivity contribution in [1.82, 2.24) is 4.90 Å². The summed E-state index contributed by atoms with van der Waals surface area (Å²) in [5, 5.41) is 8.13. The lowest BCUT2D eigenvalue weighted by Gasteiger charge is -2.13. The predicted octanol–water partition coefficient (Wildman–Crippen LogP) is 4.20. The van der Waals surface area contributed by atoms with Crippen LogP contribution < -0.4 is 0 Å². The molecule has 1 aliphatic rings. The molecule has 1 N–H and O–H groups in total. The molecule has 1 aromatic rings. The molecule has 1 aliphatic heterocycles. The zero-order valence-electron chi connectivity index (χ0n) is 15.1. The summed E-state index contributed by atoms with van der Waals surface area (Å²) in [4.78, 5) is 40.2. The molecule has 0 radical (unpaired) electrons. The third-order valence-electron chi connectivity index (χ3n) is 4.74. The van der Waals surface area contributed by atoms with Crippen molar-refractivity contribution in [3.8, 4) is 0 Å². The van der Waals surface area contributed by atoms with Crippen molar-refractivity contribution in [2.75, 3.05) is 6.54 Å². The van der Waals surface area contributed by atoms with E-state index in [1.165, 1.54) is 4.90 Å². The van der Waals surface area contributed by atoms with E-state index in [1.807, 2.05) is 0 Å². The maximum absolute atomic E-state index is 12.2. The minimum absolute atomic E-state index is 0.171. The average molecular weight is 361 g/mol. The minimum atomic E-state index is -0.567. The van der Waals surface area contributed by atoms with Crippen LogP contribution in [0, 0.1) is 0 Å². The van der Waals surface area contributed by atoms with E-state index in [2.05, 4.69) is 4.89 Å². The largest absolute Gasteiger partial charge is 0.342 e. The first-order valence-electron chi connectivity index (χ1n) is 9.44. The lowest BCUT2D eigenvalue weighted by Crippen LogP contribution is -2.30. The Balaban J connectivity index is 1.48. The Kier molecular flexibility index (Phi) is 8.28. The summed E-state index contributed by atoms with van der Waals surface area (Å²) in [5.41, 5.74) is 1.04. The van der Waals surface area contributed by atoms with Crippen molar-refractivity contribution in [3.63, 3.8) is 0 Å². The third-order valence-corrected chi connectivity index (χ3v) is 4.74. The molecule has 2 rings (SSSR count). The van der Waals surface area contributed by atoms with Crippen LogP contribution >= 0.6 is 0 Å². The molecule has 0 saturated carbocycles. The van der Waals surface area contributed by atoms with Crippen molar-refractivity contribution < 1.29 is 24.5 Å². The summed E-state index contributed by atoms with van der Waals surface area (Å²) in [6, 6.07) is 6.99. The van der Waals surface area contributed by atoms with Gasteiger partial charge in [-0.15, -0.1) is 0 Å². The molecule has 0 unspecified atom stereocenters. The van der Waals surface area contributed by atoms with Gasteiger partial charge < -0.3 is 4.89 Å². The van der Waals surface area contributed by atoms with Crippen LogP contribution in [-0.2, 0) is 9.68 Å². The van der Waals surface area contributed by atoms with Crippen LogP contribution in [0.4, 0.5) is 0 Å². The first-order chi connectivity index (χ1) is 12.6. The molecule has 0 saturated heterocycles. The van der Waals surface area contributed by atoms with Gasteiger partial charge in [0.2, 0.25) is 0 Å². The van der Waals surface area contributed by atoms with E-state index in [-0.39, 0.29) is 18.2 Å². The average Bonchev–Trinajstić information content (AvgIpc) is 2.90. The van der Waals surface area contributed by atoms with E-state index in [1.54, 1.807) is 24.3 Å². The van der Waals surface area contributed by atoms with Gasteiger partial charge in [-0.25, -0.2) is 4.79 Å². The molecule has 1 aromatic carbocycles. The standard InChI is InChI=1S/C20H27NO5/c22-18(26-25)14-8-6-4-2-1-3-5-7-11-15-21-19(23)16-12-9-10-13-17(16)20(21)24/h9-10,12-13,25H,1-8,11,14-15H2. The summed E-state index contributed by atoms with van der Waals surface area (Å²) < 4.78 is 0. The number of fused-ring (bicyclic) bond motifs is 1. The Bertz CT molecular complexity index is 593. The number of carbonyl (C=O) groups is 3. The number of imide groups is 1. The summed E-state index contributed by atoms with van der Waals surface area (Å²) in [5.74, 6) is -0.908. The van der Waals surface area contributed by atoms with Crippen LogP contribution in [0.2, 0.25) is 0 Å². The summed E-state index contributed by atoms with van der Waals surface area (Å²) in [6.45, 7) is 0.493. The van der Waals surface area contributed by atoms with E-state index in [9.17, 15) is 14.4 Å². The predicted molar refractivity (Wildman–Crippen MR) is 96.7 cm³/mol. The molecule has 0 spiro atoms. The van der Waals surface area contributed by atoms with Crippen molar-refractivity contribution >= 4 is 17.8 Å². The van der Waals surface area contributed by atoms with Crippen molar-refractivity contribution in [1.29, 1.82) is 0 Å². The first kappa shape index (κ1) is 20.1. The van der Waals surface area contributed by atoms with Crippen LogP contribution in [0.25, 0.3) is 0 Å². The second-order valence-electron chi connectivity index (χ2n) is 6.70. The maximum Gasteiger partial charge on any atom is 0.342 e. The number of rotatable bonds is 12. The first-order valence-corrected chi connectivity index (χ1v) is 9.44. The van der Waals surface area contributed by atoms with E-state index in [0.717, 1.165) is 57.8 Å². The second-order valence-corrected chi connectivity index (χ2v) is 6.70. The van der Waals surface area contributed by atoms with Gasteiger partial charge in [0.15, 0.2) is 0 Å². The van der Waals surface area contributed by atoms with Crippen LogP contribution in [0.5, 0.6) is 0 Å². The molecular formula is C20H27NO5. The number of hydrogen-bond acceptors (Lipinski definition) is 5. The highest BCUT2D eigenvalue weighted by Crippen LogP contribution is 2.23. The molecule has 6 heteroatoms. The van der Waals surface area contributed by atoms with Gasteiger partial charge >= 0.3 is 5.97 Å². The van der Waals surface area contributed by atoms with Gasteiger partial charge in [0.1, 0.15) is 0 Å². The van der Waals surface area contributed by atoms with Crippen molar-refractivity contribution in [2.24, 2.45) is 0 Å². The summed E-state index contributed by atoms with van der Waals surface area (Å²) in [7, 11) is 0. The number of amides is 2. The molecule has 0 atom stereocenters. The molecule has 0 aromatic heterocycles. The quantitative estimate of drug-likeness (QED) is 0.261. The fraction of sp³-hybridized carbons (Fsp3) is 0.550. The smallest absolute Gasteiger partial charge is 0.301 e. The lowest BCUT2D eigenvalue weighted by molar-refractivity contribution is -0.234. The zero-order valence-corrected chi connectivity index (χ0v) is 15.1. The molecule has 6 nitrogen and oxygen atoms in total. The number of carbonyl (C=O) groups excluding carboxylic acids is 3. The molecule has 142 valence electrons. The molecule has 26 heavy (non-hydrogen) atoms. The van der Waals surface area contributed by atoms with Crippen LogP contribution in [0.15, 0.2) is 24.3 Å². The number of hydrogen-bond donors (Lipinski definition) is 1. The molecule has 0 bridgehead atoms. The highest BCUT2D eigenvalue weighted by Gasteiger charge is 2.34. The van der Waals surface area contributed by atoms with Gasteiger partial charge in [0, 0.05) is 13.0 Å². The van der Waals surface area contributed by atoms with Gasteiger partial charge in [-0.1, -0.05) is 57.1 Å². The van der Waals surface area contributed by atoms with Crippen LogP contribution in [0.1, 0.15) is 84.9 Å². The lowest BCUT2D eigenvalue weighted by atomic mass is 10.1. The third kappa shape index (κ3) is 5.66. The Morgan fingerprint density at radius 1 is 0.808 bits per heavy atom. The highest BCUT2D eigenvalue weighted by molar-refractivity contribution is 6.21. The van der Waals surface area contributed by atoms with Gasteiger partial charge in [0.25, 0.3) is 11.8 Å². The van der Waals surface area contributed by atoms with Crippen molar-refractivity contribution in [3.05, 3.63) is 35.4 Å². The number of nitrogens with zero attached hydrogens (tertiary/aromatic N) is 1. The highest BCUT2D eigenvalue weighted by atomic mass is 17.1. The Morgan fingerprint density at radius 2 is 1.27 bits per heavy atom. The zero-order chi connectivity index (χ0) is 18.8. The van der Waals surface area contributed by atoms with Crippen molar-refractivity contribution in [2.45, 2.75) is 64.2 Å². The fourth-order valence-corrected chi connectivity index (χ4v) is 3.26. The second kappa shape index (κ2) is 10.7. The van der Waals surface area contributed by atoms with E-state index >= 15 is 0 Å². The Morgan fingerprint density at radius 3 is 1.77 bits per heavy atom. The van der Waals surface area contributed by atoms with E-state index in [4.69, 9.17) is 5.26 Å². The SMILES string of the molecule is O=C(CCCCCCCCCCCN1C(=O)c2ccccc2C1=O)OO. The minimum Gasteiger partial charge on any atom is -0.301 e. The van der Waals surface area contributed by atoms with Gasteiger partial charge in [-0.05, 0) is 25.0 Å². The van der Waals surface area contributed by atoms with Crippen LogP contribution in [-0.4, -0.2) is 34.5 Å². The van der Waals surface area contributed by atoms with E-state index < -0.39 is 5.97 Å². The Labute approximate surface area is 154 Å². The Hall–Kier alpha value is -2.21. The summed E-state index contributed by atoms with van der Waals surface area (Å²) >= 11 is 0. The molecule has 2 amide bonds. The maximum atomic E-state index is 12.2. The molecular weight excluding hydrogens is 334 g/mol. The van der Waals surface area contributed by atoms with Crippen LogP contribution in [0.3, 0.4) is 0 Å². The van der Waals surface area contributed by atoms with Gasteiger partial charge in [0.05, 0.1) is 11.1 Å². The number of unbranched alkanes of at least 4 members (excludes halogenated alkanes) is 8. The topological polar surface area (TPSA) is 83.9 Å². The molecule has 1 heterocycles. The molecule has 0 aliphatic carbocycles. The van der Waals surface area contributed by atoms with Gasteiger partial charge in [-0.3, -0.25) is 14.5 Å². The fourth-order valence-electron chi connectivity index (χ4n) is 3.26. The van der Waals surface area contributed by atoms with Gasteiger partial charge in [-0.2, -0.15) is 5.26 Å². The number of benzene rings is 1. The molecule has 0 fully saturated rings.